The summed E-state index contributed by atoms with van der Waals surface area (Å²) < 4.78 is 12.7. The van der Waals surface area contributed by atoms with Crippen molar-refractivity contribution >= 4 is 28.6 Å². The lowest BCUT2D eigenvalue weighted by atomic mass is 9.93. The summed E-state index contributed by atoms with van der Waals surface area (Å²) in [5, 5.41) is 10.6. The molecule has 29 heavy (non-hydrogen) atoms. The summed E-state index contributed by atoms with van der Waals surface area (Å²) in [7, 11) is 1.77. The molecule has 0 aliphatic carbocycles. The molecule has 0 spiro atoms. The van der Waals surface area contributed by atoms with Crippen molar-refractivity contribution in [1.82, 2.24) is 20.4 Å². The number of aromatic nitrogens is 2. The Kier molecular flexibility index (Phi) is 5.48. The zero-order chi connectivity index (χ0) is 20.4. The van der Waals surface area contributed by atoms with E-state index < -0.39 is 5.92 Å². The molecular formula is C20H24N4O5. The number of carbonyl (C=O) groups is 3. The topological polar surface area (TPSA) is 112 Å². The Labute approximate surface area is 167 Å². The number of hydrogen-bond acceptors (Lipinski definition) is 6. The van der Waals surface area contributed by atoms with Crippen LogP contribution in [0.5, 0.6) is 5.75 Å². The Morgan fingerprint density at radius 3 is 2.86 bits per heavy atom. The number of hydrogen-bond donors (Lipinski definition) is 2. The second kappa shape index (κ2) is 8.20. The molecule has 3 amide bonds. The van der Waals surface area contributed by atoms with Crippen molar-refractivity contribution in [3.8, 4) is 5.75 Å². The van der Waals surface area contributed by atoms with Crippen LogP contribution in [0.1, 0.15) is 37.3 Å². The number of rotatable bonds is 5. The number of benzene rings is 1. The van der Waals surface area contributed by atoms with E-state index in [4.69, 9.17) is 9.47 Å². The first-order valence-corrected chi connectivity index (χ1v) is 9.82. The van der Waals surface area contributed by atoms with Gasteiger partial charge in [-0.2, -0.15) is 5.10 Å². The van der Waals surface area contributed by atoms with E-state index in [9.17, 15) is 14.4 Å². The molecule has 2 fully saturated rings. The minimum atomic E-state index is -0.483. The summed E-state index contributed by atoms with van der Waals surface area (Å²) >= 11 is 0. The quantitative estimate of drug-likeness (QED) is 0.717. The number of piperidine rings is 1. The standard InChI is InChI=1S/C20H24N4O5/c1-24-19-13(18(23-24)14-5-6-16(25)22-20(14)27)3-2-4-15(19)29-11-17(26)21-12-7-9-28-10-8-12/h2-4,12,14H,5-11H2,1H3,(H,21,26)(H,22,25,27). The van der Waals surface area contributed by atoms with Gasteiger partial charge in [0.2, 0.25) is 11.8 Å². The molecule has 2 aliphatic rings. The van der Waals surface area contributed by atoms with Crippen LogP contribution in [0.2, 0.25) is 0 Å². The molecule has 0 radical (unpaired) electrons. The van der Waals surface area contributed by atoms with E-state index in [0.29, 0.717) is 36.6 Å². The first kappa shape index (κ1) is 19.4. The number of fused-ring (bicyclic) bond motifs is 1. The lowest BCUT2D eigenvalue weighted by molar-refractivity contribution is -0.134. The van der Waals surface area contributed by atoms with Gasteiger partial charge in [0.1, 0.15) is 11.3 Å². The van der Waals surface area contributed by atoms with Gasteiger partial charge in [0.05, 0.1) is 11.6 Å². The fourth-order valence-electron chi connectivity index (χ4n) is 3.91. The van der Waals surface area contributed by atoms with Gasteiger partial charge < -0.3 is 14.8 Å². The summed E-state index contributed by atoms with van der Waals surface area (Å²) in [6.07, 6.45) is 2.32. The number of imide groups is 1. The average Bonchev–Trinajstić information content (AvgIpc) is 3.04. The van der Waals surface area contributed by atoms with Crippen LogP contribution >= 0.6 is 0 Å². The van der Waals surface area contributed by atoms with Gasteiger partial charge in [0, 0.05) is 38.1 Å². The molecule has 1 atom stereocenters. The summed E-state index contributed by atoms with van der Waals surface area (Å²) in [5.41, 5.74) is 1.33. The van der Waals surface area contributed by atoms with Crippen molar-refractivity contribution < 1.29 is 23.9 Å². The summed E-state index contributed by atoms with van der Waals surface area (Å²) in [5.74, 6) is -0.724. The maximum Gasteiger partial charge on any atom is 0.258 e. The van der Waals surface area contributed by atoms with Gasteiger partial charge in [-0.05, 0) is 25.3 Å². The lowest BCUT2D eigenvalue weighted by Crippen LogP contribution is -2.41. The monoisotopic (exact) mass is 400 g/mol. The highest BCUT2D eigenvalue weighted by molar-refractivity contribution is 6.03. The Balaban J connectivity index is 1.50. The molecule has 1 aromatic carbocycles. The van der Waals surface area contributed by atoms with Crippen molar-refractivity contribution in [1.29, 1.82) is 0 Å². The van der Waals surface area contributed by atoms with Crippen LogP contribution in [0.25, 0.3) is 10.9 Å². The molecule has 154 valence electrons. The number of nitrogens with zero attached hydrogens (tertiary/aromatic N) is 2. The number of carbonyl (C=O) groups excluding carboxylic acids is 3. The molecule has 2 aliphatic heterocycles. The second-order valence-corrected chi connectivity index (χ2v) is 7.41. The van der Waals surface area contributed by atoms with E-state index in [0.717, 1.165) is 18.2 Å². The van der Waals surface area contributed by atoms with Crippen molar-refractivity contribution in [2.45, 2.75) is 37.6 Å². The van der Waals surface area contributed by atoms with Crippen molar-refractivity contribution in [2.24, 2.45) is 7.05 Å². The zero-order valence-corrected chi connectivity index (χ0v) is 16.3. The molecule has 0 saturated carbocycles. The van der Waals surface area contributed by atoms with Gasteiger partial charge >= 0.3 is 0 Å². The Hall–Kier alpha value is -2.94. The van der Waals surface area contributed by atoms with E-state index in [1.165, 1.54) is 0 Å². The van der Waals surface area contributed by atoms with Crippen LogP contribution in [0.4, 0.5) is 0 Å². The highest BCUT2D eigenvalue weighted by atomic mass is 16.5. The number of nitrogens with one attached hydrogen (secondary N) is 2. The molecular weight excluding hydrogens is 376 g/mol. The molecule has 0 bridgehead atoms. The van der Waals surface area contributed by atoms with E-state index >= 15 is 0 Å². The van der Waals surface area contributed by atoms with E-state index in [-0.39, 0.29) is 36.8 Å². The van der Waals surface area contributed by atoms with Gasteiger partial charge in [-0.3, -0.25) is 24.4 Å². The van der Waals surface area contributed by atoms with Crippen LogP contribution in [0.3, 0.4) is 0 Å². The van der Waals surface area contributed by atoms with Crippen LogP contribution in [-0.4, -0.2) is 53.4 Å². The van der Waals surface area contributed by atoms with Crippen LogP contribution in [0.15, 0.2) is 18.2 Å². The van der Waals surface area contributed by atoms with Gasteiger partial charge in [-0.1, -0.05) is 12.1 Å². The minimum Gasteiger partial charge on any atom is -0.482 e. The maximum atomic E-state index is 12.3. The van der Waals surface area contributed by atoms with Gasteiger partial charge in [-0.25, -0.2) is 0 Å². The Bertz CT molecular complexity index is 948. The molecule has 4 rings (SSSR count). The summed E-state index contributed by atoms with van der Waals surface area (Å²) in [6.45, 7) is 1.21. The van der Waals surface area contributed by atoms with Crippen molar-refractivity contribution in [2.75, 3.05) is 19.8 Å². The smallest absolute Gasteiger partial charge is 0.258 e. The third kappa shape index (κ3) is 4.09. The second-order valence-electron chi connectivity index (χ2n) is 7.41. The highest BCUT2D eigenvalue weighted by Gasteiger charge is 2.32. The van der Waals surface area contributed by atoms with Gasteiger partial charge in [0.15, 0.2) is 6.61 Å². The lowest BCUT2D eigenvalue weighted by Gasteiger charge is -2.23. The largest absolute Gasteiger partial charge is 0.482 e. The molecule has 2 aromatic rings. The van der Waals surface area contributed by atoms with Crippen LogP contribution in [0, 0.1) is 0 Å². The summed E-state index contributed by atoms with van der Waals surface area (Å²) in [6, 6.07) is 5.58. The Morgan fingerprint density at radius 1 is 1.31 bits per heavy atom. The van der Waals surface area contributed by atoms with Gasteiger partial charge in [0.25, 0.3) is 5.91 Å². The first-order valence-electron chi connectivity index (χ1n) is 9.82. The molecule has 3 heterocycles. The SMILES string of the molecule is Cn1nc(C2CCC(=O)NC2=O)c2cccc(OCC(=O)NC3CCOCC3)c21. The third-order valence-electron chi connectivity index (χ3n) is 5.37. The van der Waals surface area contributed by atoms with Crippen molar-refractivity contribution in [3.05, 3.63) is 23.9 Å². The molecule has 9 nitrogen and oxygen atoms in total. The van der Waals surface area contributed by atoms with E-state index in [2.05, 4.69) is 15.7 Å². The number of amides is 3. The van der Waals surface area contributed by atoms with E-state index in [1.807, 2.05) is 12.1 Å². The fourth-order valence-corrected chi connectivity index (χ4v) is 3.91. The summed E-state index contributed by atoms with van der Waals surface area (Å²) in [4.78, 5) is 36.0. The predicted molar refractivity (Wildman–Crippen MR) is 103 cm³/mol. The molecule has 1 unspecified atom stereocenters. The van der Waals surface area contributed by atoms with Crippen LogP contribution < -0.4 is 15.4 Å². The molecule has 1 aromatic heterocycles. The fraction of sp³-hybridized carbons (Fsp3) is 0.500. The third-order valence-corrected chi connectivity index (χ3v) is 5.37. The highest BCUT2D eigenvalue weighted by Crippen LogP contribution is 2.34. The minimum absolute atomic E-state index is 0.102. The predicted octanol–water partition coefficient (Wildman–Crippen LogP) is 0.768. The molecule has 2 saturated heterocycles. The maximum absolute atomic E-state index is 12.3. The number of para-hydroxylation sites is 1. The normalized spacial score (nSPS) is 20.5. The van der Waals surface area contributed by atoms with Gasteiger partial charge in [-0.15, -0.1) is 0 Å². The molecule has 9 heteroatoms. The Morgan fingerprint density at radius 2 is 2.10 bits per heavy atom. The molecule has 2 N–H and O–H groups in total. The zero-order valence-electron chi connectivity index (χ0n) is 16.3. The van der Waals surface area contributed by atoms with Crippen molar-refractivity contribution in [3.63, 3.8) is 0 Å². The van der Waals surface area contributed by atoms with Crippen LogP contribution in [-0.2, 0) is 26.2 Å². The van der Waals surface area contributed by atoms with E-state index in [1.54, 1.807) is 17.8 Å². The average molecular weight is 400 g/mol. The number of aryl methyl sites for hydroxylation is 1. The number of ether oxygens (including phenoxy) is 2. The first-order chi connectivity index (χ1) is 14.0.